The lowest BCUT2D eigenvalue weighted by Crippen LogP contribution is -2.42. The van der Waals surface area contributed by atoms with Gasteiger partial charge < -0.3 is 4.90 Å². The molecule has 1 saturated carbocycles. The lowest BCUT2D eigenvalue weighted by atomic mass is 9.91. The number of hydrogen-bond donors (Lipinski definition) is 0. The molecule has 0 radical (unpaired) electrons. The van der Waals surface area contributed by atoms with Crippen molar-refractivity contribution >= 4 is 11.7 Å². The monoisotopic (exact) mass is 181 g/mol. The Hall–Kier alpha value is -0.860. The molecule has 3 nitrogen and oxygen atoms in total. The van der Waals surface area contributed by atoms with Crippen LogP contribution in [0.3, 0.4) is 0 Å². The third-order valence-electron chi connectivity index (χ3n) is 3.02. The van der Waals surface area contributed by atoms with Gasteiger partial charge in [-0.1, -0.05) is 12.8 Å². The van der Waals surface area contributed by atoms with E-state index in [0.717, 1.165) is 12.3 Å². The molecule has 1 unspecified atom stereocenters. The van der Waals surface area contributed by atoms with Crippen molar-refractivity contribution in [3.05, 3.63) is 0 Å². The van der Waals surface area contributed by atoms with Crippen molar-refractivity contribution in [2.24, 2.45) is 11.8 Å². The summed E-state index contributed by atoms with van der Waals surface area (Å²) in [4.78, 5) is 24.3. The lowest BCUT2D eigenvalue weighted by molar-refractivity contribution is -0.141. The number of carbonyl (C=O) groups excluding carboxylic acids is 2. The second kappa shape index (κ2) is 3.13. The molecule has 72 valence electrons. The predicted octanol–water partition coefficient (Wildman–Crippen LogP) is 0.834. The molecule has 0 aromatic heterocycles. The summed E-state index contributed by atoms with van der Waals surface area (Å²) in [6.07, 6.45) is 3.70. The fourth-order valence-corrected chi connectivity index (χ4v) is 1.92. The van der Waals surface area contributed by atoms with E-state index in [1.165, 1.54) is 12.8 Å². The molecule has 3 heteroatoms. The van der Waals surface area contributed by atoms with Gasteiger partial charge in [0, 0.05) is 19.5 Å². The minimum absolute atomic E-state index is 0.0166. The summed E-state index contributed by atoms with van der Waals surface area (Å²) < 4.78 is 0. The summed E-state index contributed by atoms with van der Waals surface area (Å²) in [5.74, 6) is 1.05. The van der Waals surface area contributed by atoms with Gasteiger partial charge in [0.05, 0.1) is 6.42 Å². The maximum atomic E-state index is 11.5. The molecule has 1 atom stereocenters. The van der Waals surface area contributed by atoms with Gasteiger partial charge in [0.1, 0.15) is 5.78 Å². The van der Waals surface area contributed by atoms with Gasteiger partial charge >= 0.3 is 0 Å². The van der Waals surface area contributed by atoms with Gasteiger partial charge in [-0.3, -0.25) is 9.59 Å². The largest absolute Gasteiger partial charge is 0.345 e. The van der Waals surface area contributed by atoms with Gasteiger partial charge in [0.2, 0.25) is 5.91 Å². The van der Waals surface area contributed by atoms with Gasteiger partial charge in [0.25, 0.3) is 0 Å². The van der Waals surface area contributed by atoms with E-state index in [1.54, 1.807) is 11.9 Å². The molecule has 1 heterocycles. The first kappa shape index (κ1) is 8.73. The Bertz CT molecular complexity index is 245. The molecule has 1 aliphatic carbocycles. The number of hydrogen-bond acceptors (Lipinski definition) is 2. The van der Waals surface area contributed by atoms with Crippen molar-refractivity contribution in [1.82, 2.24) is 4.90 Å². The molecule has 0 aromatic rings. The van der Waals surface area contributed by atoms with Crippen molar-refractivity contribution in [3.63, 3.8) is 0 Å². The van der Waals surface area contributed by atoms with Crippen LogP contribution >= 0.6 is 0 Å². The standard InChI is InChI=1S/C10H15NO2/c1-11-6-8(4-7-2-3-7)9(12)5-10(11)13/h7-8H,2-6H2,1H3. The molecule has 13 heavy (non-hydrogen) atoms. The highest BCUT2D eigenvalue weighted by atomic mass is 16.2. The number of likely N-dealkylation sites (tertiary alicyclic amines) is 1. The van der Waals surface area contributed by atoms with Crippen LogP contribution in [0.15, 0.2) is 0 Å². The maximum absolute atomic E-state index is 11.5. The molecule has 0 spiro atoms. The van der Waals surface area contributed by atoms with Crippen molar-refractivity contribution in [2.45, 2.75) is 25.7 Å². The average molecular weight is 181 g/mol. The van der Waals surface area contributed by atoms with E-state index in [0.29, 0.717) is 6.54 Å². The number of piperidine rings is 1. The lowest BCUT2D eigenvalue weighted by Gasteiger charge is -2.28. The van der Waals surface area contributed by atoms with E-state index >= 15 is 0 Å². The normalized spacial score (nSPS) is 29.6. The summed E-state index contributed by atoms with van der Waals surface area (Å²) in [5, 5.41) is 0. The SMILES string of the molecule is CN1CC(CC2CC2)C(=O)CC1=O. The Balaban J connectivity index is 1.94. The first-order valence-electron chi connectivity index (χ1n) is 4.93. The summed E-state index contributed by atoms with van der Waals surface area (Å²) in [6.45, 7) is 0.647. The first-order valence-corrected chi connectivity index (χ1v) is 4.93. The second-order valence-corrected chi connectivity index (χ2v) is 4.29. The van der Waals surface area contributed by atoms with Crippen LogP contribution in [0.5, 0.6) is 0 Å². The maximum Gasteiger partial charge on any atom is 0.229 e. The van der Waals surface area contributed by atoms with Crippen LogP contribution in [0.25, 0.3) is 0 Å². The van der Waals surface area contributed by atoms with Crippen LogP contribution in [-0.4, -0.2) is 30.2 Å². The summed E-state index contributed by atoms with van der Waals surface area (Å²) in [5.41, 5.74) is 0. The third-order valence-corrected chi connectivity index (χ3v) is 3.02. The first-order chi connectivity index (χ1) is 6.16. The van der Waals surface area contributed by atoms with E-state index < -0.39 is 0 Å². The van der Waals surface area contributed by atoms with Crippen LogP contribution in [0.1, 0.15) is 25.7 Å². The van der Waals surface area contributed by atoms with Gasteiger partial charge in [-0.25, -0.2) is 0 Å². The zero-order valence-electron chi connectivity index (χ0n) is 7.95. The van der Waals surface area contributed by atoms with E-state index in [2.05, 4.69) is 0 Å². The number of ketones is 1. The quantitative estimate of drug-likeness (QED) is 0.592. The molecule has 2 aliphatic rings. The Morgan fingerprint density at radius 3 is 2.69 bits per heavy atom. The molecule has 1 amide bonds. The zero-order valence-corrected chi connectivity index (χ0v) is 7.95. The molecule has 2 rings (SSSR count). The Morgan fingerprint density at radius 2 is 2.08 bits per heavy atom. The molecule has 1 aliphatic heterocycles. The topological polar surface area (TPSA) is 37.4 Å². The molecule has 2 fully saturated rings. The molecule has 1 saturated heterocycles. The highest BCUT2D eigenvalue weighted by Crippen LogP contribution is 2.36. The van der Waals surface area contributed by atoms with Crippen LogP contribution in [0.4, 0.5) is 0 Å². The molecule has 0 bridgehead atoms. The summed E-state index contributed by atoms with van der Waals surface area (Å²) in [6, 6.07) is 0. The molecule has 0 N–H and O–H groups in total. The van der Waals surface area contributed by atoms with Gasteiger partial charge in [0.15, 0.2) is 0 Å². The third kappa shape index (κ3) is 1.90. The minimum Gasteiger partial charge on any atom is -0.345 e. The van der Waals surface area contributed by atoms with Crippen LogP contribution in [0.2, 0.25) is 0 Å². The predicted molar refractivity (Wildman–Crippen MR) is 48.1 cm³/mol. The van der Waals surface area contributed by atoms with E-state index in [-0.39, 0.29) is 24.0 Å². The second-order valence-electron chi connectivity index (χ2n) is 4.29. The summed E-state index contributed by atoms with van der Waals surface area (Å²) >= 11 is 0. The number of Topliss-reactive ketones (excluding diaryl/α,β-unsaturated/α-hetero) is 1. The van der Waals surface area contributed by atoms with Gasteiger partial charge in [-0.2, -0.15) is 0 Å². The Kier molecular flexibility index (Phi) is 2.10. The number of carbonyl (C=O) groups is 2. The number of amides is 1. The van der Waals surface area contributed by atoms with Crippen molar-refractivity contribution in [2.75, 3.05) is 13.6 Å². The average Bonchev–Trinajstić information content (AvgIpc) is 2.84. The highest BCUT2D eigenvalue weighted by Gasteiger charge is 2.34. The molecular formula is C10H15NO2. The highest BCUT2D eigenvalue weighted by molar-refractivity contribution is 6.01. The molecular weight excluding hydrogens is 166 g/mol. The van der Waals surface area contributed by atoms with Gasteiger partial charge in [-0.15, -0.1) is 0 Å². The van der Waals surface area contributed by atoms with E-state index in [1.807, 2.05) is 0 Å². The van der Waals surface area contributed by atoms with Crippen LogP contribution in [-0.2, 0) is 9.59 Å². The van der Waals surface area contributed by atoms with Crippen molar-refractivity contribution in [3.8, 4) is 0 Å². The van der Waals surface area contributed by atoms with Crippen molar-refractivity contribution < 1.29 is 9.59 Å². The Labute approximate surface area is 78.1 Å². The van der Waals surface area contributed by atoms with Crippen molar-refractivity contribution in [1.29, 1.82) is 0 Å². The smallest absolute Gasteiger partial charge is 0.229 e. The summed E-state index contributed by atoms with van der Waals surface area (Å²) in [7, 11) is 1.79. The minimum atomic E-state index is -0.0166. The number of nitrogens with zero attached hydrogens (tertiary/aromatic N) is 1. The van der Waals surface area contributed by atoms with Crippen LogP contribution in [0, 0.1) is 11.8 Å². The van der Waals surface area contributed by atoms with E-state index in [4.69, 9.17) is 0 Å². The Morgan fingerprint density at radius 1 is 1.38 bits per heavy atom. The number of rotatable bonds is 2. The van der Waals surface area contributed by atoms with E-state index in [9.17, 15) is 9.59 Å². The fourth-order valence-electron chi connectivity index (χ4n) is 1.92. The molecule has 0 aromatic carbocycles. The fraction of sp³-hybridized carbons (Fsp3) is 0.800. The zero-order chi connectivity index (χ0) is 9.42. The van der Waals surface area contributed by atoms with Crippen LogP contribution < -0.4 is 0 Å². The van der Waals surface area contributed by atoms with Gasteiger partial charge in [-0.05, 0) is 12.3 Å².